The average molecular weight is 249 g/mol. The maximum atomic E-state index is 11.6. The number of rotatable bonds is 5. The summed E-state index contributed by atoms with van der Waals surface area (Å²) >= 11 is 0. The zero-order valence-electron chi connectivity index (χ0n) is 9.80. The lowest BCUT2D eigenvalue weighted by Crippen LogP contribution is -2.47. The molecule has 96 valence electrons. The van der Waals surface area contributed by atoms with Crippen molar-refractivity contribution >= 4 is 12.0 Å². The van der Waals surface area contributed by atoms with E-state index in [1.54, 1.807) is 18.3 Å². The zero-order chi connectivity index (χ0) is 13.0. The molecule has 6 nitrogen and oxygen atoms in total. The fourth-order valence-electron chi connectivity index (χ4n) is 1.68. The first-order valence-corrected chi connectivity index (χ1v) is 5.84. The fourth-order valence-corrected chi connectivity index (χ4v) is 1.68. The van der Waals surface area contributed by atoms with Crippen LogP contribution in [0.3, 0.4) is 0 Å². The molecule has 1 aliphatic carbocycles. The minimum Gasteiger partial charge on any atom is -0.480 e. The molecular weight excluding hydrogens is 234 g/mol. The maximum absolute atomic E-state index is 11.6. The number of carbonyl (C=O) groups is 2. The first-order chi connectivity index (χ1) is 8.66. The summed E-state index contributed by atoms with van der Waals surface area (Å²) in [7, 11) is 0. The summed E-state index contributed by atoms with van der Waals surface area (Å²) < 4.78 is 0. The van der Waals surface area contributed by atoms with Gasteiger partial charge in [0.15, 0.2) is 0 Å². The molecule has 6 heteroatoms. The van der Waals surface area contributed by atoms with Crippen LogP contribution in [0.5, 0.6) is 0 Å². The van der Waals surface area contributed by atoms with Crippen LogP contribution in [-0.2, 0) is 11.3 Å². The Morgan fingerprint density at radius 3 is 2.78 bits per heavy atom. The van der Waals surface area contributed by atoms with E-state index in [0.29, 0.717) is 0 Å². The van der Waals surface area contributed by atoms with Crippen LogP contribution in [0.15, 0.2) is 24.4 Å². The minimum atomic E-state index is -0.981. The van der Waals surface area contributed by atoms with Crippen LogP contribution in [0.2, 0.25) is 0 Å². The van der Waals surface area contributed by atoms with Crippen LogP contribution in [0, 0.1) is 5.92 Å². The Labute approximate surface area is 104 Å². The van der Waals surface area contributed by atoms with Gasteiger partial charge in [-0.25, -0.2) is 9.59 Å². The number of amides is 2. The molecule has 1 aromatic heterocycles. The predicted molar refractivity (Wildman–Crippen MR) is 63.8 cm³/mol. The van der Waals surface area contributed by atoms with E-state index in [-0.39, 0.29) is 12.5 Å². The number of carboxylic acid groups (broad SMARTS) is 1. The summed E-state index contributed by atoms with van der Waals surface area (Å²) in [4.78, 5) is 26.5. The van der Waals surface area contributed by atoms with Gasteiger partial charge in [0.05, 0.1) is 12.2 Å². The Morgan fingerprint density at radius 1 is 1.44 bits per heavy atom. The van der Waals surface area contributed by atoms with Crippen molar-refractivity contribution < 1.29 is 14.7 Å². The molecule has 1 saturated carbocycles. The first-order valence-electron chi connectivity index (χ1n) is 5.84. The summed E-state index contributed by atoms with van der Waals surface area (Å²) in [6.07, 6.45) is 3.36. The van der Waals surface area contributed by atoms with Gasteiger partial charge in [0.2, 0.25) is 0 Å². The van der Waals surface area contributed by atoms with E-state index in [0.717, 1.165) is 18.5 Å². The highest BCUT2D eigenvalue weighted by molar-refractivity contribution is 5.83. The van der Waals surface area contributed by atoms with Gasteiger partial charge in [-0.2, -0.15) is 0 Å². The first kappa shape index (κ1) is 12.3. The lowest BCUT2D eigenvalue weighted by atomic mass is 10.2. The number of pyridine rings is 1. The molecule has 3 N–H and O–H groups in total. The van der Waals surface area contributed by atoms with Crippen LogP contribution >= 0.6 is 0 Å². The number of aromatic nitrogens is 1. The Kier molecular flexibility index (Phi) is 3.76. The monoisotopic (exact) mass is 249 g/mol. The van der Waals surface area contributed by atoms with Crippen LogP contribution in [0.1, 0.15) is 18.5 Å². The number of hydrogen-bond acceptors (Lipinski definition) is 3. The van der Waals surface area contributed by atoms with Gasteiger partial charge in [-0.05, 0) is 30.9 Å². The number of nitrogens with one attached hydrogen (secondary N) is 2. The van der Waals surface area contributed by atoms with E-state index in [1.807, 2.05) is 6.07 Å². The normalized spacial score (nSPS) is 15.8. The third-order valence-corrected chi connectivity index (χ3v) is 2.80. The second kappa shape index (κ2) is 5.48. The second-order valence-electron chi connectivity index (χ2n) is 4.30. The van der Waals surface area contributed by atoms with Crippen molar-refractivity contribution in [3.8, 4) is 0 Å². The maximum Gasteiger partial charge on any atom is 0.326 e. The number of nitrogens with zero attached hydrogens (tertiary/aromatic N) is 1. The van der Waals surface area contributed by atoms with Crippen molar-refractivity contribution in [3.05, 3.63) is 30.1 Å². The summed E-state index contributed by atoms with van der Waals surface area (Å²) in [5.41, 5.74) is 0.728. The molecular formula is C12H15N3O3. The molecule has 2 amide bonds. The van der Waals surface area contributed by atoms with Crippen molar-refractivity contribution in [2.45, 2.75) is 25.4 Å². The summed E-state index contributed by atoms with van der Waals surface area (Å²) in [5, 5.41) is 14.0. The van der Waals surface area contributed by atoms with Crippen molar-refractivity contribution in [2.75, 3.05) is 0 Å². The second-order valence-corrected chi connectivity index (χ2v) is 4.30. The van der Waals surface area contributed by atoms with Gasteiger partial charge in [-0.1, -0.05) is 6.07 Å². The molecule has 0 saturated heterocycles. The molecule has 18 heavy (non-hydrogen) atoms. The molecule has 1 heterocycles. The lowest BCUT2D eigenvalue weighted by molar-refractivity contribution is -0.139. The van der Waals surface area contributed by atoms with Gasteiger partial charge in [-0.3, -0.25) is 4.98 Å². The number of urea groups is 1. The topological polar surface area (TPSA) is 91.3 Å². The summed E-state index contributed by atoms with van der Waals surface area (Å²) in [6, 6.07) is 4.15. The summed E-state index contributed by atoms with van der Waals surface area (Å²) in [5.74, 6) is -0.909. The molecule has 1 aliphatic rings. The fraction of sp³-hybridized carbons (Fsp3) is 0.417. The molecule has 0 spiro atoms. The van der Waals surface area contributed by atoms with E-state index in [1.165, 1.54) is 0 Å². The van der Waals surface area contributed by atoms with E-state index >= 15 is 0 Å². The molecule has 2 rings (SSSR count). The number of carbonyl (C=O) groups excluding carboxylic acids is 1. The Hall–Kier alpha value is -2.11. The number of aliphatic carboxylic acids is 1. The standard InChI is InChI=1S/C12H15N3O3/c16-11(17)10(8-4-5-8)15-12(18)14-7-9-3-1-2-6-13-9/h1-3,6,8,10H,4-5,7H2,(H,16,17)(H2,14,15,18). The quantitative estimate of drug-likeness (QED) is 0.718. The Balaban J connectivity index is 1.79. The van der Waals surface area contributed by atoms with Gasteiger partial charge in [0.25, 0.3) is 0 Å². The van der Waals surface area contributed by atoms with E-state index in [2.05, 4.69) is 15.6 Å². The SMILES string of the molecule is O=C(NCc1ccccn1)NC(C(=O)O)C1CC1. The Bertz CT molecular complexity index is 431. The van der Waals surface area contributed by atoms with Crippen molar-refractivity contribution in [1.82, 2.24) is 15.6 Å². The summed E-state index contributed by atoms with van der Waals surface area (Å²) in [6.45, 7) is 0.281. The van der Waals surface area contributed by atoms with Gasteiger partial charge < -0.3 is 15.7 Å². The van der Waals surface area contributed by atoms with Gasteiger partial charge >= 0.3 is 12.0 Å². The van der Waals surface area contributed by atoms with Crippen molar-refractivity contribution in [2.24, 2.45) is 5.92 Å². The zero-order valence-corrected chi connectivity index (χ0v) is 9.80. The average Bonchev–Trinajstić information content (AvgIpc) is 3.18. The van der Waals surface area contributed by atoms with E-state index < -0.39 is 18.0 Å². The van der Waals surface area contributed by atoms with Crippen LogP contribution in [0.25, 0.3) is 0 Å². The molecule has 1 unspecified atom stereocenters. The molecule has 1 fully saturated rings. The van der Waals surface area contributed by atoms with Crippen molar-refractivity contribution in [1.29, 1.82) is 0 Å². The third kappa shape index (κ3) is 3.44. The third-order valence-electron chi connectivity index (χ3n) is 2.80. The van der Waals surface area contributed by atoms with E-state index in [4.69, 9.17) is 5.11 Å². The molecule has 0 bridgehead atoms. The largest absolute Gasteiger partial charge is 0.480 e. The molecule has 1 aromatic rings. The van der Waals surface area contributed by atoms with Crippen molar-refractivity contribution in [3.63, 3.8) is 0 Å². The van der Waals surface area contributed by atoms with Crippen LogP contribution in [0.4, 0.5) is 4.79 Å². The molecule has 0 aliphatic heterocycles. The van der Waals surface area contributed by atoms with Crippen LogP contribution < -0.4 is 10.6 Å². The van der Waals surface area contributed by atoms with Gasteiger partial charge in [0, 0.05) is 6.20 Å². The highest BCUT2D eigenvalue weighted by Crippen LogP contribution is 2.32. The number of carboxylic acids is 1. The van der Waals surface area contributed by atoms with E-state index in [9.17, 15) is 9.59 Å². The highest BCUT2D eigenvalue weighted by Gasteiger charge is 2.37. The van der Waals surface area contributed by atoms with Crippen LogP contribution in [-0.4, -0.2) is 28.1 Å². The number of hydrogen-bond donors (Lipinski definition) is 3. The minimum absolute atomic E-state index is 0.0723. The molecule has 1 atom stereocenters. The molecule has 0 radical (unpaired) electrons. The predicted octanol–water partition coefficient (Wildman–Crippen LogP) is 0.744. The lowest BCUT2D eigenvalue weighted by Gasteiger charge is -2.14. The highest BCUT2D eigenvalue weighted by atomic mass is 16.4. The molecule has 0 aromatic carbocycles. The Morgan fingerprint density at radius 2 is 2.22 bits per heavy atom. The smallest absolute Gasteiger partial charge is 0.326 e. The van der Waals surface area contributed by atoms with Gasteiger partial charge in [0.1, 0.15) is 6.04 Å². The van der Waals surface area contributed by atoms with Gasteiger partial charge in [-0.15, -0.1) is 0 Å².